The second-order valence-corrected chi connectivity index (χ2v) is 9.87. The second-order valence-electron chi connectivity index (χ2n) is 9.87. The first-order valence-electron chi connectivity index (χ1n) is 12.0. The SMILES string of the molecule is CCc1ccccc1N1C(=O)NC(=O)/C(=C/c2cc3c(cc2C)N(CC)C(C)(C)CC3C)C1=O. The number of urea groups is 1. The van der Waals surface area contributed by atoms with E-state index >= 15 is 0 Å². The Morgan fingerprint density at radius 1 is 1.09 bits per heavy atom. The third-order valence-electron chi connectivity index (χ3n) is 7.10. The fraction of sp³-hybridized carbons (Fsp3) is 0.393. The predicted molar refractivity (Wildman–Crippen MR) is 136 cm³/mol. The van der Waals surface area contributed by atoms with Gasteiger partial charge in [-0.1, -0.05) is 32.0 Å². The molecule has 2 aromatic rings. The van der Waals surface area contributed by atoms with E-state index in [-0.39, 0.29) is 11.1 Å². The Hall–Kier alpha value is -3.41. The van der Waals surface area contributed by atoms with Crippen molar-refractivity contribution in [1.29, 1.82) is 0 Å². The number of barbiturate groups is 1. The van der Waals surface area contributed by atoms with Crippen LogP contribution in [0.3, 0.4) is 0 Å². The number of nitrogens with zero attached hydrogens (tertiary/aromatic N) is 2. The minimum absolute atomic E-state index is 0.0373. The summed E-state index contributed by atoms with van der Waals surface area (Å²) in [6.45, 7) is 13.8. The van der Waals surface area contributed by atoms with Crippen LogP contribution in [0.1, 0.15) is 69.2 Å². The monoisotopic (exact) mass is 459 g/mol. The van der Waals surface area contributed by atoms with Crippen molar-refractivity contribution < 1.29 is 14.4 Å². The Labute approximate surface area is 201 Å². The number of imide groups is 2. The number of rotatable bonds is 4. The highest BCUT2D eigenvalue weighted by atomic mass is 16.2. The summed E-state index contributed by atoms with van der Waals surface area (Å²) in [6, 6.07) is 10.8. The minimum atomic E-state index is -0.718. The second kappa shape index (κ2) is 8.75. The highest BCUT2D eigenvalue weighted by Crippen LogP contribution is 2.44. The van der Waals surface area contributed by atoms with Crippen LogP contribution in [0, 0.1) is 6.92 Å². The number of benzene rings is 2. The molecule has 1 fully saturated rings. The van der Waals surface area contributed by atoms with E-state index in [0.29, 0.717) is 18.0 Å². The zero-order chi connectivity index (χ0) is 24.8. The Bertz CT molecular complexity index is 1210. The van der Waals surface area contributed by atoms with Crippen molar-refractivity contribution in [3.05, 3.63) is 64.2 Å². The van der Waals surface area contributed by atoms with E-state index in [0.717, 1.165) is 34.6 Å². The van der Waals surface area contributed by atoms with Gasteiger partial charge in [-0.2, -0.15) is 0 Å². The van der Waals surface area contributed by atoms with Gasteiger partial charge in [-0.05, 0) is 93.0 Å². The van der Waals surface area contributed by atoms with Gasteiger partial charge < -0.3 is 4.90 Å². The molecule has 0 radical (unpaired) electrons. The molecular formula is C28H33N3O3. The summed E-state index contributed by atoms with van der Waals surface area (Å²) in [5.41, 5.74) is 5.60. The third kappa shape index (κ3) is 3.91. The first-order chi connectivity index (χ1) is 16.1. The lowest BCUT2D eigenvalue weighted by molar-refractivity contribution is -0.122. The molecule has 1 unspecified atom stereocenters. The van der Waals surface area contributed by atoms with Gasteiger partial charge in [-0.3, -0.25) is 14.9 Å². The van der Waals surface area contributed by atoms with Crippen LogP contribution in [0.25, 0.3) is 6.08 Å². The topological polar surface area (TPSA) is 69.7 Å². The molecule has 0 aromatic heterocycles. The molecule has 2 aliphatic heterocycles. The van der Waals surface area contributed by atoms with Crippen LogP contribution in [0.5, 0.6) is 0 Å². The number of aryl methyl sites for hydroxylation is 2. The molecule has 1 atom stereocenters. The molecule has 0 bridgehead atoms. The molecule has 0 spiro atoms. The van der Waals surface area contributed by atoms with Gasteiger partial charge in [0.25, 0.3) is 11.8 Å². The fourth-order valence-corrected chi connectivity index (χ4v) is 5.46. The normalized spacial score (nSPS) is 21.1. The molecule has 2 aliphatic rings. The molecule has 34 heavy (non-hydrogen) atoms. The Kier molecular flexibility index (Phi) is 6.11. The highest BCUT2D eigenvalue weighted by molar-refractivity contribution is 6.39. The van der Waals surface area contributed by atoms with Crippen molar-refractivity contribution in [2.24, 2.45) is 0 Å². The van der Waals surface area contributed by atoms with Crippen LogP contribution in [0.2, 0.25) is 0 Å². The molecular weight excluding hydrogens is 426 g/mol. The molecule has 0 aliphatic carbocycles. The van der Waals surface area contributed by atoms with Gasteiger partial charge in [0.05, 0.1) is 5.69 Å². The van der Waals surface area contributed by atoms with E-state index in [1.807, 2.05) is 26.0 Å². The first-order valence-corrected chi connectivity index (χ1v) is 12.0. The smallest absolute Gasteiger partial charge is 0.335 e. The zero-order valence-corrected chi connectivity index (χ0v) is 20.9. The minimum Gasteiger partial charge on any atom is -0.366 e. The number of para-hydroxylation sites is 1. The lowest BCUT2D eigenvalue weighted by atomic mass is 9.79. The quantitative estimate of drug-likeness (QED) is 0.495. The van der Waals surface area contributed by atoms with E-state index in [4.69, 9.17) is 0 Å². The lowest BCUT2D eigenvalue weighted by Gasteiger charge is -2.47. The number of carbonyl (C=O) groups excluding carboxylic acids is 3. The summed E-state index contributed by atoms with van der Waals surface area (Å²) in [4.78, 5) is 42.3. The first kappa shape index (κ1) is 23.7. The van der Waals surface area contributed by atoms with Crippen LogP contribution >= 0.6 is 0 Å². The Balaban J connectivity index is 1.79. The van der Waals surface area contributed by atoms with Crippen molar-refractivity contribution in [2.75, 3.05) is 16.3 Å². The molecule has 178 valence electrons. The van der Waals surface area contributed by atoms with Gasteiger partial charge in [0.2, 0.25) is 0 Å². The summed E-state index contributed by atoms with van der Waals surface area (Å²) in [7, 11) is 0. The van der Waals surface area contributed by atoms with E-state index < -0.39 is 17.8 Å². The molecule has 0 saturated carbocycles. The van der Waals surface area contributed by atoms with Crippen molar-refractivity contribution >= 4 is 35.3 Å². The molecule has 1 saturated heterocycles. The standard InChI is InChI=1S/C28H33N3O3/c1-7-19-11-9-10-12-23(19)31-26(33)22(25(32)29-27(31)34)15-20-14-21-18(4)16-28(5,6)30(8-2)24(21)13-17(20)3/h9-15,18H,7-8,16H2,1-6H3,(H,29,32,34)/b22-15-. The number of hydrogen-bond donors (Lipinski definition) is 1. The number of anilines is 2. The van der Waals surface area contributed by atoms with Crippen LogP contribution in [0.4, 0.5) is 16.2 Å². The number of fused-ring (bicyclic) bond motifs is 1. The van der Waals surface area contributed by atoms with Crippen molar-refractivity contribution in [3.8, 4) is 0 Å². The average molecular weight is 460 g/mol. The molecule has 6 heteroatoms. The van der Waals surface area contributed by atoms with E-state index in [1.54, 1.807) is 18.2 Å². The van der Waals surface area contributed by atoms with Crippen LogP contribution in [-0.2, 0) is 16.0 Å². The summed E-state index contributed by atoms with van der Waals surface area (Å²) < 4.78 is 0. The molecule has 2 aromatic carbocycles. The van der Waals surface area contributed by atoms with Gasteiger partial charge in [-0.25, -0.2) is 9.69 Å². The van der Waals surface area contributed by atoms with E-state index in [2.05, 4.69) is 50.0 Å². The maximum atomic E-state index is 13.4. The van der Waals surface area contributed by atoms with E-state index in [9.17, 15) is 14.4 Å². The largest absolute Gasteiger partial charge is 0.366 e. The molecule has 1 N–H and O–H groups in total. The van der Waals surface area contributed by atoms with Gasteiger partial charge in [0, 0.05) is 17.8 Å². The lowest BCUT2D eigenvalue weighted by Crippen LogP contribution is -2.54. The van der Waals surface area contributed by atoms with Gasteiger partial charge in [0.1, 0.15) is 5.57 Å². The number of amides is 4. The van der Waals surface area contributed by atoms with Crippen molar-refractivity contribution in [3.63, 3.8) is 0 Å². The van der Waals surface area contributed by atoms with Gasteiger partial charge >= 0.3 is 6.03 Å². The number of carbonyl (C=O) groups is 3. The van der Waals surface area contributed by atoms with Crippen molar-refractivity contribution in [1.82, 2.24) is 5.32 Å². The van der Waals surface area contributed by atoms with Crippen LogP contribution in [-0.4, -0.2) is 29.9 Å². The summed E-state index contributed by atoms with van der Waals surface area (Å²) in [5.74, 6) is -0.922. The van der Waals surface area contributed by atoms with Gasteiger partial charge in [0.15, 0.2) is 0 Å². The Morgan fingerprint density at radius 2 is 1.79 bits per heavy atom. The van der Waals surface area contributed by atoms with Gasteiger partial charge in [-0.15, -0.1) is 0 Å². The highest BCUT2D eigenvalue weighted by Gasteiger charge is 2.39. The predicted octanol–water partition coefficient (Wildman–Crippen LogP) is 5.34. The fourth-order valence-electron chi connectivity index (χ4n) is 5.46. The number of hydrogen-bond acceptors (Lipinski definition) is 4. The van der Waals surface area contributed by atoms with Crippen LogP contribution in [0.15, 0.2) is 42.0 Å². The molecule has 2 heterocycles. The van der Waals surface area contributed by atoms with E-state index in [1.165, 1.54) is 11.3 Å². The number of nitrogens with one attached hydrogen (secondary N) is 1. The summed E-state index contributed by atoms with van der Waals surface area (Å²) >= 11 is 0. The maximum Gasteiger partial charge on any atom is 0.335 e. The molecule has 4 amide bonds. The molecule has 6 nitrogen and oxygen atoms in total. The van der Waals surface area contributed by atoms with Crippen LogP contribution < -0.4 is 15.1 Å². The molecule has 4 rings (SSSR count). The van der Waals surface area contributed by atoms with Crippen molar-refractivity contribution in [2.45, 2.75) is 65.8 Å². The summed E-state index contributed by atoms with van der Waals surface area (Å²) in [6.07, 6.45) is 3.30. The summed E-state index contributed by atoms with van der Waals surface area (Å²) in [5, 5.41) is 2.35. The Morgan fingerprint density at radius 3 is 2.47 bits per heavy atom. The average Bonchev–Trinajstić information content (AvgIpc) is 2.77. The zero-order valence-electron chi connectivity index (χ0n) is 20.9. The third-order valence-corrected chi connectivity index (χ3v) is 7.10. The maximum absolute atomic E-state index is 13.4.